The Balaban J connectivity index is 1.67. The Kier molecular flexibility index (Phi) is 3.81. The zero-order valence-electron chi connectivity index (χ0n) is 13.8. The van der Waals surface area contributed by atoms with Gasteiger partial charge in [-0.3, -0.25) is 4.79 Å². The van der Waals surface area contributed by atoms with Crippen molar-refractivity contribution in [2.24, 2.45) is 5.92 Å². The summed E-state index contributed by atoms with van der Waals surface area (Å²) in [4.78, 5) is 16.7. The predicted octanol–water partition coefficient (Wildman–Crippen LogP) is 3.42. The van der Waals surface area contributed by atoms with Crippen LogP contribution in [-0.4, -0.2) is 15.5 Å². The SMILES string of the molecule is Cc1ccccc1Cn1c(CNC(=O)C2CC2)nc2ccccc21. The summed E-state index contributed by atoms with van der Waals surface area (Å²) in [6, 6.07) is 16.5. The van der Waals surface area contributed by atoms with Gasteiger partial charge in [0.05, 0.1) is 17.6 Å². The van der Waals surface area contributed by atoms with E-state index in [0.29, 0.717) is 6.54 Å². The number of rotatable bonds is 5. The molecule has 0 saturated heterocycles. The maximum Gasteiger partial charge on any atom is 0.223 e. The first kappa shape index (κ1) is 14.9. The standard InChI is InChI=1S/C20H21N3O/c1-14-6-2-3-7-16(14)13-23-18-9-5-4-8-17(18)22-19(23)12-21-20(24)15-10-11-15/h2-9,15H,10-13H2,1H3,(H,21,24). The fourth-order valence-electron chi connectivity index (χ4n) is 3.05. The molecule has 0 radical (unpaired) electrons. The number of imidazole rings is 1. The van der Waals surface area contributed by atoms with E-state index in [1.54, 1.807) is 0 Å². The van der Waals surface area contributed by atoms with E-state index in [9.17, 15) is 4.79 Å². The third kappa shape index (κ3) is 2.92. The van der Waals surface area contributed by atoms with Gasteiger partial charge in [-0.25, -0.2) is 4.98 Å². The molecular formula is C20H21N3O. The highest BCUT2D eigenvalue weighted by molar-refractivity contribution is 5.81. The highest BCUT2D eigenvalue weighted by atomic mass is 16.2. The largest absolute Gasteiger partial charge is 0.349 e. The molecule has 1 saturated carbocycles. The fourth-order valence-corrected chi connectivity index (χ4v) is 3.05. The van der Waals surface area contributed by atoms with Crippen molar-refractivity contribution in [3.05, 3.63) is 65.5 Å². The first-order chi connectivity index (χ1) is 11.7. The number of para-hydroxylation sites is 2. The van der Waals surface area contributed by atoms with Gasteiger partial charge in [-0.05, 0) is 43.0 Å². The summed E-state index contributed by atoms with van der Waals surface area (Å²) < 4.78 is 2.21. The van der Waals surface area contributed by atoms with Gasteiger partial charge in [0.2, 0.25) is 5.91 Å². The quantitative estimate of drug-likeness (QED) is 0.783. The number of fused-ring (bicyclic) bond motifs is 1. The highest BCUT2D eigenvalue weighted by Gasteiger charge is 2.29. The molecule has 1 aromatic heterocycles. The van der Waals surface area contributed by atoms with E-state index in [1.807, 2.05) is 18.2 Å². The molecule has 0 bridgehead atoms. The lowest BCUT2D eigenvalue weighted by atomic mass is 10.1. The molecule has 1 fully saturated rings. The second kappa shape index (κ2) is 6.11. The normalized spacial score (nSPS) is 14.0. The molecular weight excluding hydrogens is 298 g/mol. The van der Waals surface area contributed by atoms with Crippen molar-refractivity contribution in [1.82, 2.24) is 14.9 Å². The summed E-state index contributed by atoms with van der Waals surface area (Å²) in [6.45, 7) is 3.38. The number of hydrogen-bond acceptors (Lipinski definition) is 2. The van der Waals surface area contributed by atoms with Crippen molar-refractivity contribution in [2.75, 3.05) is 0 Å². The van der Waals surface area contributed by atoms with Gasteiger partial charge < -0.3 is 9.88 Å². The molecule has 0 spiro atoms. The second-order valence-corrected chi connectivity index (χ2v) is 6.52. The monoisotopic (exact) mass is 319 g/mol. The molecule has 1 N–H and O–H groups in total. The molecule has 1 aliphatic carbocycles. The molecule has 2 aromatic carbocycles. The van der Waals surface area contributed by atoms with E-state index < -0.39 is 0 Å². The summed E-state index contributed by atoms with van der Waals surface area (Å²) in [5.41, 5.74) is 4.62. The van der Waals surface area contributed by atoms with Crippen LogP contribution in [0.3, 0.4) is 0 Å². The summed E-state index contributed by atoms with van der Waals surface area (Å²) >= 11 is 0. The van der Waals surface area contributed by atoms with E-state index in [0.717, 1.165) is 36.2 Å². The van der Waals surface area contributed by atoms with Gasteiger partial charge in [-0.15, -0.1) is 0 Å². The Morgan fingerprint density at radius 2 is 1.92 bits per heavy atom. The Hall–Kier alpha value is -2.62. The van der Waals surface area contributed by atoms with Crippen molar-refractivity contribution < 1.29 is 4.79 Å². The summed E-state index contributed by atoms with van der Waals surface area (Å²) in [5.74, 6) is 1.29. The van der Waals surface area contributed by atoms with Crippen LogP contribution in [-0.2, 0) is 17.9 Å². The number of nitrogens with one attached hydrogen (secondary N) is 1. The number of nitrogens with zero attached hydrogens (tertiary/aromatic N) is 2. The number of amides is 1. The first-order valence-corrected chi connectivity index (χ1v) is 8.49. The molecule has 0 aliphatic heterocycles. The zero-order valence-corrected chi connectivity index (χ0v) is 13.8. The molecule has 4 nitrogen and oxygen atoms in total. The average molecular weight is 319 g/mol. The van der Waals surface area contributed by atoms with Crippen molar-refractivity contribution in [3.8, 4) is 0 Å². The third-order valence-corrected chi connectivity index (χ3v) is 4.69. The van der Waals surface area contributed by atoms with Gasteiger partial charge in [0.25, 0.3) is 0 Å². The van der Waals surface area contributed by atoms with Crippen LogP contribution in [0.5, 0.6) is 0 Å². The van der Waals surface area contributed by atoms with Crippen LogP contribution in [0.15, 0.2) is 48.5 Å². The van der Waals surface area contributed by atoms with Gasteiger partial charge in [-0.1, -0.05) is 36.4 Å². The smallest absolute Gasteiger partial charge is 0.223 e. The van der Waals surface area contributed by atoms with E-state index >= 15 is 0 Å². The summed E-state index contributed by atoms with van der Waals surface area (Å²) in [7, 11) is 0. The van der Waals surface area contributed by atoms with Crippen molar-refractivity contribution in [2.45, 2.75) is 32.9 Å². The van der Waals surface area contributed by atoms with Crippen LogP contribution < -0.4 is 5.32 Å². The van der Waals surface area contributed by atoms with E-state index in [1.165, 1.54) is 11.1 Å². The first-order valence-electron chi connectivity index (χ1n) is 8.49. The Morgan fingerprint density at radius 3 is 2.71 bits per heavy atom. The lowest BCUT2D eigenvalue weighted by molar-refractivity contribution is -0.122. The lowest BCUT2D eigenvalue weighted by Crippen LogP contribution is -2.26. The van der Waals surface area contributed by atoms with Gasteiger partial charge in [0, 0.05) is 12.5 Å². The topological polar surface area (TPSA) is 46.9 Å². The second-order valence-electron chi connectivity index (χ2n) is 6.52. The van der Waals surface area contributed by atoms with Gasteiger partial charge in [0.15, 0.2) is 0 Å². The molecule has 1 amide bonds. The Labute approximate surface area is 141 Å². The van der Waals surface area contributed by atoms with Crippen LogP contribution >= 0.6 is 0 Å². The summed E-state index contributed by atoms with van der Waals surface area (Å²) in [6.07, 6.45) is 2.04. The number of hydrogen-bond donors (Lipinski definition) is 1. The highest BCUT2D eigenvalue weighted by Crippen LogP contribution is 2.29. The number of carbonyl (C=O) groups excluding carboxylic acids is 1. The molecule has 1 aliphatic rings. The Morgan fingerprint density at radius 1 is 1.17 bits per heavy atom. The van der Waals surface area contributed by atoms with E-state index in [2.05, 4.69) is 47.1 Å². The third-order valence-electron chi connectivity index (χ3n) is 4.69. The molecule has 0 unspecified atom stereocenters. The average Bonchev–Trinajstić information content (AvgIpc) is 3.39. The van der Waals surface area contributed by atoms with Crippen molar-refractivity contribution in [3.63, 3.8) is 0 Å². The van der Waals surface area contributed by atoms with Crippen LogP contribution in [0.4, 0.5) is 0 Å². The lowest BCUT2D eigenvalue weighted by Gasteiger charge is -2.12. The Bertz CT molecular complexity index is 893. The number of aromatic nitrogens is 2. The zero-order chi connectivity index (χ0) is 16.5. The number of carbonyl (C=O) groups is 1. The molecule has 0 atom stereocenters. The minimum atomic E-state index is 0.157. The molecule has 4 heteroatoms. The molecule has 4 rings (SSSR count). The van der Waals surface area contributed by atoms with Crippen molar-refractivity contribution >= 4 is 16.9 Å². The fraction of sp³-hybridized carbons (Fsp3) is 0.300. The maximum absolute atomic E-state index is 12.0. The maximum atomic E-state index is 12.0. The van der Waals surface area contributed by atoms with Crippen LogP contribution in [0, 0.1) is 12.8 Å². The predicted molar refractivity (Wildman–Crippen MR) is 94.6 cm³/mol. The molecule has 122 valence electrons. The molecule has 3 aromatic rings. The van der Waals surface area contributed by atoms with Gasteiger partial charge >= 0.3 is 0 Å². The summed E-state index contributed by atoms with van der Waals surface area (Å²) in [5, 5.41) is 3.04. The van der Waals surface area contributed by atoms with Gasteiger partial charge in [-0.2, -0.15) is 0 Å². The minimum Gasteiger partial charge on any atom is -0.349 e. The number of aryl methyl sites for hydroxylation is 1. The van der Waals surface area contributed by atoms with E-state index in [-0.39, 0.29) is 11.8 Å². The minimum absolute atomic E-state index is 0.157. The molecule has 1 heterocycles. The van der Waals surface area contributed by atoms with Crippen LogP contribution in [0.2, 0.25) is 0 Å². The molecule has 24 heavy (non-hydrogen) atoms. The number of benzene rings is 2. The van der Waals surface area contributed by atoms with Crippen molar-refractivity contribution in [1.29, 1.82) is 0 Å². The van der Waals surface area contributed by atoms with Gasteiger partial charge in [0.1, 0.15) is 5.82 Å². The van der Waals surface area contributed by atoms with Crippen LogP contribution in [0.1, 0.15) is 29.8 Å². The van der Waals surface area contributed by atoms with E-state index in [4.69, 9.17) is 4.98 Å². The van der Waals surface area contributed by atoms with Crippen LogP contribution in [0.25, 0.3) is 11.0 Å².